The standard InChI is InChI=1S/C46H27N3S/c1-2-12-26(13-3-1)45-47-42-33-19-9-11-21-39(33)50-44(42)46(48-45)49-38-20-10-8-18-32(38)37-25-36-31-17-7-6-16-30(31)35-24-29-22-27-14-4-5-15-28(27)23-34(29)41(40(35)36)43(37)49/h1-23,25,35H,24H2. The fourth-order valence-corrected chi connectivity index (χ4v) is 10.1. The molecule has 1 unspecified atom stereocenters. The van der Waals surface area contributed by atoms with Gasteiger partial charge in [0, 0.05) is 37.9 Å². The summed E-state index contributed by atoms with van der Waals surface area (Å²) in [5.74, 6) is 1.99. The van der Waals surface area contributed by atoms with Crippen LogP contribution in [0.4, 0.5) is 0 Å². The van der Waals surface area contributed by atoms with Crippen molar-refractivity contribution in [3.05, 3.63) is 162 Å². The summed E-state index contributed by atoms with van der Waals surface area (Å²) < 4.78 is 4.81. The molecule has 3 aromatic heterocycles. The fourth-order valence-electron chi connectivity index (χ4n) is 8.99. The molecule has 50 heavy (non-hydrogen) atoms. The Hall–Kier alpha value is -6.10. The highest BCUT2D eigenvalue weighted by molar-refractivity contribution is 7.26. The third kappa shape index (κ3) is 3.48. The van der Waals surface area contributed by atoms with Crippen molar-refractivity contribution in [3.63, 3.8) is 0 Å². The van der Waals surface area contributed by atoms with Crippen molar-refractivity contribution in [1.82, 2.24) is 14.5 Å². The van der Waals surface area contributed by atoms with Gasteiger partial charge in [-0.15, -0.1) is 11.3 Å². The second-order valence-electron chi connectivity index (χ2n) is 13.7. The van der Waals surface area contributed by atoms with E-state index in [0.29, 0.717) is 5.92 Å². The fraction of sp³-hybridized carbons (Fsp3) is 0.0435. The van der Waals surface area contributed by atoms with Crippen LogP contribution in [0.3, 0.4) is 0 Å². The molecule has 2 aliphatic carbocycles. The van der Waals surface area contributed by atoms with Crippen molar-refractivity contribution in [3.8, 4) is 39.5 Å². The monoisotopic (exact) mass is 653 g/mol. The maximum atomic E-state index is 5.52. The third-order valence-corrected chi connectivity index (χ3v) is 12.2. The first kappa shape index (κ1) is 26.8. The topological polar surface area (TPSA) is 30.7 Å². The Morgan fingerprint density at radius 1 is 0.600 bits per heavy atom. The molecular weight excluding hydrogens is 627 g/mol. The second-order valence-corrected chi connectivity index (χ2v) is 14.7. The van der Waals surface area contributed by atoms with Crippen LogP contribution in [0.25, 0.3) is 92.3 Å². The van der Waals surface area contributed by atoms with Gasteiger partial charge >= 0.3 is 0 Å². The van der Waals surface area contributed by atoms with E-state index >= 15 is 0 Å². The van der Waals surface area contributed by atoms with E-state index in [1.54, 1.807) is 11.3 Å². The molecule has 0 fully saturated rings. The first-order valence-corrected chi connectivity index (χ1v) is 18.1. The Labute approximate surface area is 291 Å². The highest BCUT2D eigenvalue weighted by Gasteiger charge is 2.38. The van der Waals surface area contributed by atoms with Crippen LogP contribution in [0.5, 0.6) is 0 Å². The number of para-hydroxylation sites is 1. The Morgan fingerprint density at radius 3 is 2.24 bits per heavy atom. The van der Waals surface area contributed by atoms with Crippen molar-refractivity contribution < 1.29 is 0 Å². The Kier molecular flexibility index (Phi) is 5.23. The smallest absolute Gasteiger partial charge is 0.162 e. The van der Waals surface area contributed by atoms with Crippen molar-refractivity contribution in [1.29, 1.82) is 0 Å². The number of thiophene rings is 1. The molecule has 232 valence electrons. The average Bonchev–Trinajstić information content (AvgIpc) is 3.82. The second kappa shape index (κ2) is 9.75. The molecular formula is C46H27N3S. The van der Waals surface area contributed by atoms with Crippen LogP contribution in [0.2, 0.25) is 0 Å². The lowest BCUT2D eigenvalue weighted by Gasteiger charge is -2.28. The summed E-state index contributed by atoms with van der Waals surface area (Å²) in [6.07, 6.45) is 0.995. The molecule has 7 aromatic carbocycles. The summed E-state index contributed by atoms with van der Waals surface area (Å²) in [6, 6.07) is 53.2. The van der Waals surface area contributed by atoms with E-state index in [9.17, 15) is 0 Å². The van der Waals surface area contributed by atoms with Gasteiger partial charge in [0.1, 0.15) is 0 Å². The van der Waals surface area contributed by atoms with Crippen LogP contribution >= 0.6 is 11.3 Å². The largest absolute Gasteiger partial charge is 0.292 e. The molecule has 0 saturated carbocycles. The summed E-state index contributed by atoms with van der Waals surface area (Å²) >= 11 is 1.79. The summed E-state index contributed by atoms with van der Waals surface area (Å²) in [5.41, 5.74) is 14.1. The van der Waals surface area contributed by atoms with Gasteiger partial charge in [-0.25, -0.2) is 9.97 Å². The molecule has 0 aliphatic heterocycles. The minimum atomic E-state index is 0.301. The van der Waals surface area contributed by atoms with Crippen LogP contribution in [-0.2, 0) is 6.42 Å². The van der Waals surface area contributed by atoms with Crippen molar-refractivity contribution in [2.24, 2.45) is 0 Å². The van der Waals surface area contributed by atoms with Crippen LogP contribution < -0.4 is 0 Å². The van der Waals surface area contributed by atoms with Crippen molar-refractivity contribution in [2.75, 3.05) is 0 Å². The lowest BCUT2D eigenvalue weighted by molar-refractivity contribution is 0.817. The SMILES string of the molecule is c1ccc(-c2nc(-n3c4ccccc4c4cc5c6c(c43)-c3cc4ccccc4cc3CC6c3ccccc3-5)c3sc4ccccc4c3n2)cc1. The summed E-state index contributed by atoms with van der Waals surface area (Å²) in [4.78, 5) is 10.8. The van der Waals surface area contributed by atoms with Gasteiger partial charge in [-0.3, -0.25) is 4.57 Å². The maximum absolute atomic E-state index is 5.52. The first-order chi connectivity index (χ1) is 24.8. The van der Waals surface area contributed by atoms with Crippen LogP contribution in [0, 0.1) is 0 Å². The van der Waals surface area contributed by atoms with E-state index in [0.717, 1.165) is 39.4 Å². The van der Waals surface area contributed by atoms with Gasteiger partial charge in [0.15, 0.2) is 11.6 Å². The highest BCUT2D eigenvalue weighted by Crippen LogP contribution is 2.58. The Morgan fingerprint density at radius 2 is 1.34 bits per heavy atom. The molecule has 3 nitrogen and oxygen atoms in total. The van der Waals surface area contributed by atoms with Crippen molar-refractivity contribution >= 4 is 64.2 Å². The van der Waals surface area contributed by atoms with E-state index in [4.69, 9.17) is 9.97 Å². The van der Waals surface area contributed by atoms with Crippen LogP contribution in [0.1, 0.15) is 22.6 Å². The lowest BCUT2D eigenvalue weighted by atomic mass is 9.76. The number of hydrogen-bond donors (Lipinski definition) is 0. The molecule has 0 N–H and O–H groups in total. The number of benzene rings is 7. The zero-order chi connectivity index (χ0) is 32.5. The van der Waals surface area contributed by atoms with E-state index in [-0.39, 0.29) is 0 Å². The molecule has 0 radical (unpaired) electrons. The van der Waals surface area contributed by atoms with Gasteiger partial charge in [-0.2, -0.15) is 0 Å². The third-order valence-electron chi connectivity index (χ3n) is 11.1. The first-order valence-electron chi connectivity index (χ1n) is 17.3. The normalized spacial score (nSPS) is 14.5. The van der Waals surface area contributed by atoms with Crippen molar-refractivity contribution in [2.45, 2.75) is 12.3 Å². The molecule has 2 aliphatic rings. The predicted molar refractivity (Wildman–Crippen MR) is 209 cm³/mol. The molecule has 0 saturated heterocycles. The molecule has 3 heterocycles. The number of hydrogen-bond acceptors (Lipinski definition) is 3. The van der Waals surface area contributed by atoms with Gasteiger partial charge < -0.3 is 0 Å². The minimum absolute atomic E-state index is 0.301. The number of nitrogens with zero attached hydrogens (tertiary/aromatic N) is 3. The van der Waals surface area contributed by atoms with Crippen LogP contribution in [-0.4, -0.2) is 14.5 Å². The summed E-state index contributed by atoms with van der Waals surface area (Å²) in [6.45, 7) is 0. The number of fused-ring (bicyclic) bond motifs is 13. The van der Waals surface area contributed by atoms with Crippen LogP contribution in [0.15, 0.2) is 146 Å². The lowest BCUT2D eigenvalue weighted by Crippen LogP contribution is -2.12. The van der Waals surface area contributed by atoms with Gasteiger partial charge in [-0.05, 0) is 74.8 Å². The average molecular weight is 654 g/mol. The zero-order valence-corrected chi connectivity index (χ0v) is 27.7. The van der Waals surface area contributed by atoms with Gasteiger partial charge in [0.05, 0.1) is 21.3 Å². The Balaban J connectivity index is 1.30. The zero-order valence-electron chi connectivity index (χ0n) is 26.9. The number of rotatable bonds is 2. The predicted octanol–water partition coefficient (Wildman–Crippen LogP) is 12.1. The van der Waals surface area contributed by atoms with Gasteiger partial charge in [-0.1, -0.05) is 121 Å². The number of aromatic nitrogens is 3. The molecule has 0 spiro atoms. The molecule has 0 bridgehead atoms. The highest BCUT2D eigenvalue weighted by atomic mass is 32.1. The summed E-state index contributed by atoms with van der Waals surface area (Å²) in [7, 11) is 0. The van der Waals surface area contributed by atoms with E-state index in [2.05, 4.69) is 150 Å². The van der Waals surface area contributed by atoms with Gasteiger partial charge in [0.2, 0.25) is 0 Å². The maximum Gasteiger partial charge on any atom is 0.162 e. The van der Waals surface area contributed by atoms with E-state index < -0.39 is 0 Å². The molecule has 4 heteroatoms. The van der Waals surface area contributed by atoms with E-state index in [1.807, 2.05) is 0 Å². The minimum Gasteiger partial charge on any atom is -0.292 e. The summed E-state index contributed by atoms with van der Waals surface area (Å²) in [5, 5.41) is 6.24. The Bertz CT molecular complexity index is 3080. The molecule has 12 rings (SSSR count). The molecule has 1 atom stereocenters. The molecule has 10 aromatic rings. The van der Waals surface area contributed by atoms with E-state index in [1.165, 1.54) is 76.1 Å². The van der Waals surface area contributed by atoms with Gasteiger partial charge in [0.25, 0.3) is 0 Å². The molecule has 0 amide bonds. The quantitative estimate of drug-likeness (QED) is 0.186.